The van der Waals surface area contributed by atoms with Gasteiger partial charge in [0.1, 0.15) is 23.7 Å². The van der Waals surface area contributed by atoms with E-state index in [-0.39, 0.29) is 5.41 Å². The first-order chi connectivity index (χ1) is 16.1. The maximum absolute atomic E-state index is 5.85. The zero-order chi connectivity index (χ0) is 22.9. The summed E-state index contributed by atoms with van der Waals surface area (Å²) in [5.41, 5.74) is 2.37. The van der Waals surface area contributed by atoms with Gasteiger partial charge in [-0.25, -0.2) is 0 Å². The third-order valence-corrected chi connectivity index (χ3v) is 5.97. The predicted molar refractivity (Wildman–Crippen MR) is 126 cm³/mol. The lowest BCUT2D eigenvalue weighted by molar-refractivity contribution is 0.104. The van der Waals surface area contributed by atoms with E-state index in [4.69, 9.17) is 28.4 Å². The normalized spacial score (nSPS) is 19.3. The molecule has 2 atom stereocenters. The molecule has 0 radical (unpaired) electrons. The highest BCUT2D eigenvalue weighted by molar-refractivity contribution is 5.41. The largest absolute Gasteiger partial charge is 0.494 e. The van der Waals surface area contributed by atoms with Crippen molar-refractivity contribution in [3.05, 3.63) is 59.7 Å². The minimum Gasteiger partial charge on any atom is -0.494 e. The Bertz CT molecular complexity index is 755. The summed E-state index contributed by atoms with van der Waals surface area (Å²) in [4.78, 5) is 0. The second kappa shape index (κ2) is 11.8. The summed E-state index contributed by atoms with van der Waals surface area (Å²) in [7, 11) is 0. The lowest BCUT2D eigenvalue weighted by atomic mass is 9.78. The average molecular weight is 457 g/mol. The fourth-order valence-electron chi connectivity index (χ4n) is 3.56. The summed E-state index contributed by atoms with van der Waals surface area (Å²) in [6.07, 6.45) is 2.39. The molecule has 0 saturated carbocycles. The van der Waals surface area contributed by atoms with E-state index in [1.807, 2.05) is 24.3 Å². The van der Waals surface area contributed by atoms with Crippen LogP contribution in [0.1, 0.15) is 37.8 Å². The predicted octanol–water partition coefficient (Wildman–Crippen LogP) is 4.38. The van der Waals surface area contributed by atoms with Crippen LogP contribution in [0.2, 0.25) is 0 Å². The van der Waals surface area contributed by atoms with Crippen LogP contribution in [0.25, 0.3) is 0 Å². The van der Waals surface area contributed by atoms with Crippen LogP contribution in [0.5, 0.6) is 11.5 Å². The third-order valence-electron chi connectivity index (χ3n) is 5.97. The molecule has 6 heteroatoms. The summed E-state index contributed by atoms with van der Waals surface area (Å²) in [5.74, 6) is 1.77. The molecule has 2 aliphatic rings. The first-order valence-electron chi connectivity index (χ1n) is 12.0. The Kier molecular flexibility index (Phi) is 8.62. The van der Waals surface area contributed by atoms with E-state index in [1.165, 1.54) is 11.1 Å². The first kappa shape index (κ1) is 24.0. The van der Waals surface area contributed by atoms with Crippen LogP contribution >= 0.6 is 0 Å². The Morgan fingerprint density at radius 2 is 1.06 bits per heavy atom. The second-order valence-corrected chi connectivity index (χ2v) is 9.14. The molecule has 2 aromatic rings. The van der Waals surface area contributed by atoms with E-state index in [0.29, 0.717) is 51.8 Å². The molecule has 0 spiro atoms. The molecule has 2 saturated heterocycles. The van der Waals surface area contributed by atoms with Crippen molar-refractivity contribution in [2.45, 2.75) is 44.3 Å². The Morgan fingerprint density at radius 1 is 0.667 bits per heavy atom. The summed E-state index contributed by atoms with van der Waals surface area (Å²) in [6.45, 7) is 10.2. The summed E-state index contributed by atoms with van der Waals surface area (Å²) >= 11 is 0. The molecule has 2 aliphatic heterocycles. The van der Waals surface area contributed by atoms with Crippen molar-refractivity contribution in [1.29, 1.82) is 0 Å². The molecule has 180 valence electrons. The number of hydrogen-bond donors (Lipinski definition) is 0. The number of rotatable bonds is 16. The topological polar surface area (TPSA) is 62.0 Å². The Morgan fingerprint density at radius 3 is 1.42 bits per heavy atom. The fourth-order valence-corrected chi connectivity index (χ4v) is 3.56. The van der Waals surface area contributed by atoms with E-state index in [2.05, 4.69) is 38.1 Å². The van der Waals surface area contributed by atoms with Crippen LogP contribution in [0.4, 0.5) is 0 Å². The van der Waals surface area contributed by atoms with Gasteiger partial charge >= 0.3 is 0 Å². The summed E-state index contributed by atoms with van der Waals surface area (Å²) in [5, 5.41) is 0. The van der Waals surface area contributed by atoms with Gasteiger partial charge in [0.05, 0.1) is 39.6 Å². The van der Waals surface area contributed by atoms with Gasteiger partial charge in [-0.3, -0.25) is 0 Å². The standard InChI is InChI=1S/C27H36O6/c1-27(2,21-5-9-23(10-6-21)30-15-3-13-28-17-25-19-32-25)22-7-11-24(12-8-22)31-16-4-14-29-18-26-20-33-26/h5-12,25-26H,3-4,13-20H2,1-2H3. The quantitative estimate of drug-likeness (QED) is 0.276. The fraction of sp³-hybridized carbons (Fsp3) is 0.556. The highest BCUT2D eigenvalue weighted by Gasteiger charge is 2.24. The summed E-state index contributed by atoms with van der Waals surface area (Å²) in [6, 6.07) is 16.8. The minimum absolute atomic E-state index is 0.117. The maximum Gasteiger partial charge on any atom is 0.119 e. The third kappa shape index (κ3) is 8.00. The van der Waals surface area contributed by atoms with Gasteiger partial charge in [-0.15, -0.1) is 0 Å². The molecule has 0 amide bonds. The highest BCUT2D eigenvalue weighted by atomic mass is 16.6. The van der Waals surface area contributed by atoms with Crippen molar-refractivity contribution in [2.24, 2.45) is 0 Å². The van der Waals surface area contributed by atoms with Crippen molar-refractivity contribution in [1.82, 2.24) is 0 Å². The van der Waals surface area contributed by atoms with Gasteiger partial charge < -0.3 is 28.4 Å². The molecular formula is C27H36O6. The van der Waals surface area contributed by atoms with Gasteiger partial charge in [0.2, 0.25) is 0 Å². The second-order valence-electron chi connectivity index (χ2n) is 9.14. The number of ether oxygens (including phenoxy) is 6. The van der Waals surface area contributed by atoms with Crippen LogP contribution < -0.4 is 9.47 Å². The summed E-state index contributed by atoms with van der Waals surface area (Å²) < 4.78 is 33.0. The minimum atomic E-state index is -0.117. The molecule has 2 unspecified atom stereocenters. The van der Waals surface area contributed by atoms with E-state index in [9.17, 15) is 0 Å². The zero-order valence-electron chi connectivity index (χ0n) is 19.8. The molecule has 4 rings (SSSR count). The first-order valence-corrected chi connectivity index (χ1v) is 12.0. The van der Waals surface area contributed by atoms with Crippen molar-refractivity contribution in [3.8, 4) is 11.5 Å². The van der Waals surface area contributed by atoms with Crippen LogP contribution in [0.3, 0.4) is 0 Å². The SMILES string of the molecule is CC(C)(c1ccc(OCCCOCC2CO2)cc1)c1ccc(OCCCOCC2CO2)cc1. The molecule has 0 aliphatic carbocycles. The average Bonchev–Trinajstić information content (AvgIpc) is 3.75. The van der Waals surface area contributed by atoms with Gasteiger partial charge in [-0.1, -0.05) is 38.1 Å². The van der Waals surface area contributed by atoms with Gasteiger partial charge in [0.15, 0.2) is 0 Å². The molecule has 2 heterocycles. The molecule has 2 fully saturated rings. The van der Waals surface area contributed by atoms with Gasteiger partial charge in [-0.2, -0.15) is 0 Å². The van der Waals surface area contributed by atoms with Gasteiger partial charge in [0, 0.05) is 31.5 Å². The van der Waals surface area contributed by atoms with Crippen LogP contribution in [0.15, 0.2) is 48.5 Å². The molecule has 2 aromatic carbocycles. The molecule has 6 nitrogen and oxygen atoms in total. The Labute approximate surface area is 197 Å². The molecule has 0 N–H and O–H groups in total. The maximum atomic E-state index is 5.85. The van der Waals surface area contributed by atoms with Crippen molar-refractivity contribution < 1.29 is 28.4 Å². The smallest absolute Gasteiger partial charge is 0.119 e. The van der Waals surface area contributed by atoms with E-state index >= 15 is 0 Å². The number of epoxide rings is 2. The molecular weight excluding hydrogens is 420 g/mol. The van der Waals surface area contributed by atoms with E-state index in [0.717, 1.165) is 37.6 Å². The zero-order valence-corrected chi connectivity index (χ0v) is 19.8. The number of hydrogen-bond acceptors (Lipinski definition) is 6. The van der Waals surface area contributed by atoms with Crippen molar-refractivity contribution in [3.63, 3.8) is 0 Å². The van der Waals surface area contributed by atoms with Crippen LogP contribution in [-0.4, -0.2) is 65.1 Å². The Hall–Kier alpha value is -2.12. The molecule has 33 heavy (non-hydrogen) atoms. The van der Waals surface area contributed by atoms with Crippen LogP contribution in [0, 0.1) is 0 Å². The van der Waals surface area contributed by atoms with Gasteiger partial charge in [-0.05, 0) is 35.4 Å². The Balaban J connectivity index is 1.17. The lowest BCUT2D eigenvalue weighted by Gasteiger charge is -2.26. The van der Waals surface area contributed by atoms with E-state index < -0.39 is 0 Å². The lowest BCUT2D eigenvalue weighted by Crippen LogP contribution is -2.18. The van der Waals surface area contributed by atoms with Crippen LogP contribution in [-0.2, 0) is 24.4 Å². The monoisotopic (exact) mass is 456 g/mol. The van der Waals surface area contributed by atoms with Gasteiger partial charge in [0.25, 0.3) is 0 Å². The van der Waals surface area contributed by atoms with E-state index in [1.54, 1.807) is 0 Å². The highest BCUT2D eigenvalue weighted by Crippen LogP contribution is 2.33. The molecule has 0 bridgehead atoms. The van der Waals surface area contributed by atoms with Crippen molar-refractivity contribution >= 4 is 0 Å². The molecule has 0 aromatic heterocycles. The number of benzene rings is 2. The van der Waals surface area contributed by atoms with Crippen molar-refractivity contribution in [2.75, 3.05) is 52.9 Å².